The molecule has 0 aliphatic carbocycles. The Morgan fingerprint density at radius 1 is 1.33 bits per heavy atom. The second-order valence-corrected chi connectivity index (χ2v) is 7.41. The van der Waals surface area contributed by atoms with Crippen LogP contribution in [0.4, 0.5) is 0 Å². The van der Waals surface area contributed by atoms with Crippen LogP contribution in [0, 0.1) is 0 Å². The van der Waals surface area contributed by atoms with Gasteiger partial charge in [0.15, 0.2) is 9.04 Å². The third-order valence-corrected chi connectivity index (χ3v) is 6.61. The minimum atomic E-state index is -0.699. The average Bonchev–Trinajstić information content (AvgIpc) is 2.10. The molecule has 3 heteroatoms. The molecular formula is C9H22OSi2. The largest absolute Gasteiger partial charge is 0.466 e. The standard InChI is InChI=1S/C9H22OSi2/c1-3-4-5-6-7-8-9-12(2)10-11/h3,12H,1,4-9H2,2,11H3. The van der Waals surface area contributed by atoms with Crippen molar-refractivity contribution in [2.24, 2.45) is 0 Å². The van der Waals surface area contributed by atoms with Gasteiger partial charge in [-0.15, -0.1) is 6.58 Å². The summed E-state index contributed by atoms with van der Waals surface area (Å²) < 4.78 is 5.44. The van der Waals surface area contributed by atoms with E-state index in [9.17, 15) is 0 Å². The molecule has 1 nitrogen and oxygen atoms in total. The molecule has 0 aromatic rings. The van der Waals surface area contributed by atoms with Gasteiger partial charge in [-0.2, -0.15) is 0 Å². The van der Waals surface area contributed by atoms with Crippen molar-refractivity contribution in [1.82, 2.24) is 0 Å². The summed E-state index contributed by atoms with van der Waals surface area (Å²) in [5.41, 5.74) is 0. The SMILES string of the molecule is C=CCCCCCC[SiH](C)O[SiH3]. The van der Waals surface area contributed by atoms with Crippen LogP contribution in [0.5, 0.6) is 0 Å². The first-order valence-corrected chi connectivity index (χ1v) is 8.21. The highest BCUT2D eigenvalue weighted by Gasteiger charge is 1.99. The van der Waals surface area contributed by atoms with Crippen LogP contribution in [0.25, 0.3) is 0 Å². The van der Waals surface area contributed by atoms with Gasteiger partial charge in [0.2, 0.25) is 0 Å². The topological polar surface area (TPSA) is 9.23 Å². The maximum absolute atomic E-state index is 5.44. The van der Waals surface area contributed by atoms with Crippen molar-refractivity contribution in [3.8, 4) is 0 Å². The van der Waals surface area contributed by atoms with Gasteiger partial charge in [0.1, 0.15) is 10.5 Å². The van der Waals surface area contributed by atoms with Crippen LogP contribution in [0.1, 0.15) is 32.1 Å². The average molecular weight is 202 g/mol. The van der Waals surface area contributed by atoms with Crippen LogP contribution in [0.15, 0.2) is 12.7 Å². The molecule has 0 aliphatic heterocycles. The highest BCUT2D eigenvalue weighted by Crippen LogP contribution is 2.07. The molecule has 0 heterocycles. The molecule has 0 saturated carbocycles. The first kappa shape index (κ1) is 12.1. The van der Waals surface area contributed by atoms with Crippen molar-refractivity contribution >= 4 is 19.5 Å². The van der Waals surface area contributed by atoms with Gasteiger partial charge in [0.25, 0.3) is 0 Å². The van der Waals surface area contributed by atoms with Gasteiger partial charge in [0.05, 0.1) is 0 Å². The van der Waals surface area contributed by atoms with E-state index in [-0.39, 0.29) is 0 Å². The Labute approximate surface area is 81.5 Å². The molecule has 12 heavy (non-hydrogen) atoms. The summed E-state index contributed by atoms with van der Waals surface area (Å²) >= 11 is 0. The third kappa shape index (κ3) is 8.23. The summed E-state index contributed by atoms with van der Waals surface area (Å²) in [6, 6.07) is 1.37. The summed E-state index contributed by atoms with van der Waals surface area (Å²) in [6.07, 6.45) is 8.65. The highest BCUT2D eigenvalue weighted by molar-refractivity contribution is 6.54. The summed E-state index contributed by atoms with van der Waals surface area (Å²) in [7, 11) is 0.243. The zero-order valence-corrected chi connectivity index (χ0v) is 11.7. The normalized spacial score (nSPS) is 13.1. The maximum atomic E-state index is 5.44. The molecule has 0 N–H and O–H groups in total. The molecule has 1 unspecified atom stereocenters. The minimum absolute atomic E-state index is 0.699. The summed E-state index contributed by atoms with van der Waals surface area (Å²) in [5, 5.41) is 0. The number of allylic oxidation sites excluding steroid dienone is 1. The molecule has 0 rings (SSSR count). The molecule has 0 aliphatic rings. The molecule has 0 radical (unpaired) electrons. The van der Waals surface area contributed by atoms with E-state index in [1.807, 2.05) is 6.08 Å². The Hall–Kier alpha value is 0.134. The van der Waals surface area contributed by atoms with E-state index in [0.717, 1.165) is 10.5 Å². The van der Waals surface area contributed by atoms with E-state index in [1.54, 1.807) is 0 Å². The lowest BCUT2D eigenvalue weighted by molar-refractivity contribution is 0.612. The Morgan fingerprint density at radius 3 is 2.58 bits per heavy atom. The Bertz CT molecular complexity index is 107. The van der Waals surface area contributed by atoms with Crippen LogP contribution in [0.2, 0.25) is 12.6 Å². The van der Waals surface area contributed by atoms with Crippen LogP contribution >= 0.6 is 0 Å². The molecular weight excluding hydrogens is 180 g/mol. The van der Waals surface area contributed by atoms with E-state index in [4.69, 9.17) is 4.12 Å². The van der Waals surface area contributed by atoms with Crippen molar-refractivity contribution < 1.29 is 4.12 Å². The number of unbranched alkanes of at least 4 members (excludes halogenated alkanes) is 4. The first-order chi connectivity index (χ1) is 5.81. The molecule has 0 aromatic heterocycles. The van der Waals surface area contributed by atoms with Crippen LogP contribution in [-0.4, -0.2) is 19.5 Å². The van der Waals surface area contributed by atoms with E-state index < -0.39 is 9.04 Å². The van der Waals surface area contributed by atoms with Crippen molar-refractivity contribution in [1.29, 1.82) is 0 Å². The predicted molar refractivity (Wildman–Crippen MR) is 62.1 cm³/mol. The van der Waals surface area contributed by atoms with Crippen LogP contribution in [0.3, 0.4) is 0 Å². The zero-order chi connectivity index (χ0) is 9.23. The van der Waals surface area contributed by atoms with E-state index in [1.165, 1.54) is 38.1 Å². The lowest BCUT2D eigenvalue weighted by Gasteiger charge is -2.06. The van der Waals surface area contributed by atoms with Gasteiger partial charge >= 0.3 is 0 Å². The van der Waals surface area contributed by atoms with Gasteiger partial charge < -0.3 is 4.12 Å². The monoisotopic (exact) mass is 202 g/mol. The smallest absolute Gasteiger partial charge is 0.159 e. The van der Waals surface area contributed by atoms with Crippen molar-refractivity contribution in [3.63, 3.8) is 0 Å². The van der Waals surface area contributed by atoms with Gasteiger partial charge in [-0.1, -0.05) is 25.3 Å². The second-order valence-electron chi connectivity index (χ2n) is 3.33. The number of hydrogen-bond acceptors (Lipinski definition) is 1. The molecule has 72 valence electrons. The molecule has 0 fully saturated rings. The summed E-state index contributed by atoms with van der Waals surface area (Å²) in [4.78, 5) is 0. The zero-order valence-electron chi connectivity index (χ0n) is 8.51. The summed E-state index contributed by atoms with van der Waals surface area (Å²) in [6.45, 7) is 6.01. The first-order valence-electron chi connectivity index (χ1n) is 4.95. The Balaban J connectivity index is 2.95. The van der Waals surface area contributed by atoms with Crippen LogP contribution < -0.4 is 0 Å². The van der Waals surface area contributed by atoms with Gasteiger partial charge in [0, 0.05) is 0 Å². The summed E-state index contributed by atoms with van der Waals surface area (Å²) in [5.74, 6) is 0. The fourth-order valence-electron chi connectivity index (χ4n) is 1.19. The lowest BCUT2D eigenvalue weighted by atomic mass is 10.1. The number of hydrogen-bond donors (Lipinski definition) is 0. The van der Waals surface area contributed by atoms with Crippen molar-refractivity contribution in [2.75, 3.05) is 0 Å². The molecule has 0 spiro atoms. The van der Waals surface area contributed by atoms with Crippen molar-refractivity contribution in [3.05, 3.63) is 12.7 Å². The second kappa shape index (κ2) is 9.22. The maximum Gasteiger partial charge on any atom is 0.159 e. The van der Waals surface area contributed by atoms with Gasteiger partial charge in [-0.05, 0) is 25.4 Å². The van der Waals surface area contributed by atoms with Crippen LogP contribution in [-0.2, 0) is 4.12 Å². The van der Waals surface area contributed by atoms with E-state index >= 15 is 0 Å². The minimum Gasteiger partial charge on any atom is -0.466 e. The molecule has 0 aromatic carbocycles. The molecule has 0 bridgehead atoms. The van der Waals surface area contributed by atoms with E-state index in [2.05, 4.69) is 13.1 Å². The Kier molecular flexibility index (Phi) is 9.33. The van der Waals surface area contributed by atoms with Gasteiger partial charge in [-0.25, -0.2) is 0 Å². The Morgan fingerprint density at radius 2 is 2.00 bits per heavy atom. The fourth-order valence-corrected chi connectivity index (χ4v) is 3.00. The molecule has 1 atom stereocenters. The molecule has 0 amide bonds. The lowest BCUT2D eigenvalue weighted by Crippen LogP contribution is -2.09. The van der Waals surface area contributed by atoms with Gasteiger partial charge in [-0.3, -0.25) is 0 Å². The predicted octanol–water partition coefficient (Wildman–Crippen LogP) is 1.77. The highest BCUT2D eigenvalue weighted by atomic mass is 28.3. The van der Waals surface area contributed by atoms with E-state index in [0.29, 0.717) is 0 Å². The van der Waals surface area contributed by atoms with Crippen molar-refractivity contribution in [2.45, 2.75) is 44.7 Å². The fraction of sp³-hybridized carbons (Fsp3) is 0.778. The quantitative estimate of drug-likeness (QED) is 0.331. The molecule has 0 saturated heterocycles. The third-order valence-electron chi connectivity index (χ3n) is 2.17. The number of rotatable bonds is 8.